The predicted molar refractivity (Wildman–Crippen MR) is 76.2 cm³/mol. The van der Waals surface area contributed by atoms with Crippen molar-refractivity contribution in [1.82, 2.24) is 0 Å². The Morgan fingerprint density at radius 1 is 1.10 bits per heavy atom. The summed E-state index contributed by atoms with van der Waals surface area (Å²) in [7, 11) is 0. The van der Waals surface area contributed by atoms with Gasteiger partial charge in [0.1, 0.15) is 5.84 Å². The van der Waals surface area contributed by atoms with Crippen LogP contribution in [0.2, 0.25) is 0 Å². The van der Waals surface area contributed by atoms with E-state index in [1.165, 1.54) is 31.4 Å². The van der Waals surface area contributed by atoms with Gasteiger partial charge < -0.3 is 10.5 Å². The summed E-state index contributed by atoms with van der Waals surface area (Å²) < 4.78 is 32.4. The maximum Gasteiger partial charge on any atom is 0.201 e. The number of amidine groups is 1. The number of hydrogen-bond acceptors (Lipinski definition) is 2. The Balaban J connectivity index is 2.41. The first-order chi connectivity index (χ1) is 9.57. The first-order valence-electron chi connectivity index (χ1n) is 7.03. The lowest BCUT2D eigenvalue weighted by atomic mass is 10.1. The van der Waals surface area contributed by atoms with Crippen LogP contribution < -0.4 is 10.5 Å². The van der Waals surface area contributed by atoms with Crippen LogP contribution >= 0.6 is 0 Å². The molecule has 20 heavy (non-hydrogen) atoms. The maximum atomic E-state index is 13.6. The second kappa shape index (κ2) is 8.51. The molecule has 5 heteroatoms. The van der Waals surface area contributed by atoms with E-state index in [4.69, 9.17) is 15.9 Å². The van der Waals surface area contributed by atoms with Crippen molar-refractivity contribution in [2.45, 2.75) is 45.4 Å². The van der Waals surface area contributed by atoms with Gasteiger partial charge in [-0.05, 0) is 18.6 Å². The van der Waals surface area contributed by atoms with Gasteiger partial charge in [-0.2, -0.15) is 4.39 Å². The van der Waals surface area contributed by atoms with Crippen LogP contribution in [0.5, 0.6) is 5.75 Å². The molecular formula is C15H22F2N2O. The summed E-state index contributed by atoms with van der Waals surface area (Å²) in [6.07, 6.45) is 6.61. The Morgan fingerprint density at radius 3 is 2.40 bits per heavy atom. The van der Waals surface area contributed by atoms with Gasteiger partial charge in [0.15, 0.2) is 11.6 Å². The van der Waals surface area contributed by atoms with Crippen LogP contribution in [0.4, 0.5) is 8.78 Å². The molecule has 0 bridgehead atoms. The molecule has 0 saturated heterocycles. The molecule has 0 aliphatic heterocycles. The lowest BCUT2D eigenvalue weighted by molar-refractivity contribution is 0.284. The summed E-state index contributed by atoms with van der Waals surface area (Å²) in [5.41, 5.74) is 4.91. The fourth-order valence-corrected chi connectivity index (χ4v) is 1.92. The van der Waals surface area contributed by atoms with Crippen LogP contribution in [0, 0.1) is 17.0 Å². The first kappa shape index (κ1) is 16.4. The van der Waals surface area contributed by atoms with Gasteiger partial charge in [-0.25, -0.2) is 4.39 Å². The van der Waals surface area contributed by atoms with Gasteiger partial charge >= 0.3 is 0 Å². The van der Waals surface area contributed by atoms with Gasteiger partial charge in [-0.3, -0.25) is 5.41 Å². The molecule has 0 aliphatic carbocycles. The van der Waals surface area contributed by atoms with Gasteiger partial charge in [0.2, 0.25) is 5.82 Å². The van der Waals surface area contributed by atoms with E-state index in [1.54, 1.807) is 0 Å². The van der Waals surface area contributed by atoms with E-state index in [0.29, 0.717) is 6.61 Å². The average Bonchev–Trinajstić information content (AvgIpc) is 2.42. The molecule has 0 aromatic heterocycles. The van der Waals surface area contributed by atoms with Gasteiger partial charge in [-0.1, -0.05) is 39.0 Å². The quantitative estimate of drug-likeness (QED) is 0.409. The smallest absolute Gasteiger partial charge is 0.201 e. The summed E-state index contributed by atoms with van der Waals surface area (Å²) in [4.78, 5) is 0. The third kappa shape index (κ3) is 4.79. The number of rotatable bonds is 9. The van der Waals surface area contributed by atoms with E-state index < -0.39 is 17.5 Å². The number of nitrogens with two attached hydrogens (primary N) is 1. The Kier molecular flexibility index (Phi) is 6.98. The molecule has 0 spiro atoms. The topological polar surface area (TPSA) is 59.1 Å². The molecule has 0 amide bonds. The largest absolute Gasteiger partial charge is 0.490 e. The van der Waals surface area contributed by atoms with E-state index in [1.807, 2.05) is 0 Å². The number of unbranched alkanes of at least 4 members (excludes halogenated alkanes) is 5. The normalized spacial score (nSPS) is 10.6. The van der Waals surface area contributed by atoms with Crippen molar-refractivity contribution >= 4 is 5.84 Å². The molecule has 3 nitrogen and oxygen atoms in total. The van der Waals surface area contributed by atoms with Crippen LogP contribution in [-0.4, -0.2) is 12.4 Å². The lowest BCUT2D eigenvalue weighted by Gasteiger charge is -2.09. The number of nitrogens with one attached hydrogen (secondary N) is 1. The Bertz CT molecular complexity index is 450. The van der Waals surface area contributed by atoms with Crippen molar-refractivity contribution in [2.24, 2.45) is 5.73 Å². The third-order valence-electron chi connectivity index (χ3n) is 3.09. The van der Waals surface area contributed by atoms with E-state index in [-0.39, 0.29) is 11.3 Å². The highest BCUT2D eigenvalue weighted by molar-refractivity contribution is 5.95. The van der Waals surface area contributed by atoms with Crippen molar-refractivity contribution in [3.63, 3.8) is 0 Å². The Hall–Kier alpha value is -1.65. The lowest BCUT2D eigenvalue weighted by Crippen LogP contribution is -2.14. The SMILES string of the molecule is CCCCCCCCOc1ccc(C(=N)N)c(F)c1F. The zero-order valence-electron chi connectivity index (χ0n) is 11.8. The molecule has 0 saturated carbocycles. The van der Waals surface area contributed by atoms with Crippen LogP contribution in [-0.2, 0) is 0 Å². The average molecular weight is 284 g/mol. The first-order valence-corrected chi connectivity index (χ1v) is 7.03. The van der Waals surface area contributed by atoms with E-state index >= 15 is 0 Å². The summed E-state index contributed by atoms with van der Waals surface area (Å²) in [5.74, 6) is -2.83. The van der Waals surface area contributed by atoms with Crippen molar-refractivity contribution in [3.05, 3.63) is 29.3 Å². The fraction of sp³-hybridized carbons (Fsp3) is 0.533. The summed E-state index contributed by atoms with van der Waals surface area (Å²) in [5, 5.41) is 7.12. The summed E-state index contributed by atoms with van der Waals surface area (Å²) in [6.45, 7) is 2.52. The number of ether oxygens (including phenoxy) is 1. The van der Waals surface area contributed by atoms with Crippen molar-refractivity contribution in [2.75, 3.05) is 6.61 Å². The van der Waals surface area contributed by atoms with Crippen LogP contribution in [0.25, 0.3) is 0 Å². The van der Waals surface area contributed by atoms with E-state index in [0.717, 1.165) is 19.3 Å². The van der Waals surface area contributed by atoms with Gasteiger partial charge in [0.25, 0.3) is 0 Å². The second-order valence-electron chi connectivity index (χ2n) is 4.77. The molecule has 0 fully saturated rings. The third-order valence-corrected chi connectivity index (χ3v) is 3.09. The van der Waals surface area contributed by atoms with E-state index in [9.17, 15) is 8.78 Å². The van der Waals surface area contributed by atoms with Gasteiger partial charge in [0.05, 0.1) is 12.2 Å². The molecule has 3 N–H and O–H groups in total. The van der Waals surface area contributed by atoms with Crippen molar-refractivity contribution in [3.8, 4) is 5.75 Å². The Labute approximate surface area is 118 Å². The summed E-state index contributed by atoms with van der Waals surface area (Å²) >= 11 is 0. The Morgan fingerprint density at radius 2 is 1.75 bits per heavy atom. The van der Waals surface area contributed by atoms with Crippen LogP contribution in [0.1, 0.15) is 51.0 Å². The molecule has 1 aromatic carbocycles. The number of halogens is 2. The number of benzene rings is 1. The molecule has 1 aromatic rings. The number of nitrogen functional groups attached to an aromatic ring is 1. The van der Waals surface area contributed by atoms with E-state index in [2.05, 4.69) is 6.92 Å². The minimum Gasteiger partial charge on any atom is -0.490 e. The van der Waals surface area contributed by atoms with Gasteiger partial charge in [0, 0.05) is 0 Å². The van der Waals surface area contributed by atoms with Crippen LogP contribution in [0.3, 0.4) is 0 Å². The molecule has 1 rings (SSSR count). The van der Waals surface area contributed by atoms with Gasteiger partial charge in [-0.15, -0.1) is 0 Å². The fourth-order valence-electron chi connectivity index (χ4n) is 1.92. The molecule has 0 radical (unpaired) electrons. The number of hydrogen-bond donors (Lipinski definition) is 2. The minimum absolute atomic E-state index is 0.124. The molecule has 0 unspecified atom stereocenters. The van der Waals surface area contributed by atoms with Crippen molar-refractivity contribution in [1.29, 1.82) is 5.41 Å². The molecule has 0 aliphatic rings. The monoisotopic (exact) mass is 284 g/mol. The highest BCUT2D eigenvalue weighted by atomic mass is 19.2. The van der Waals surface area contributed by atoms with Crippen LogP contribution in [0.15, 0.2) is 12.1 Å². The highest BCUT2D eigenvalue weighted by Crippen LogP contribution is 2.22. The molecule has 112 valence electrons. The second-order valence-corrected chi connectivity index (χ2v) is 4.77. The minimum atomic E-state index is -1.13. The zero-order valence-corrected chi connectivity index (χ0v) is 11.8. The van der Waals surface area contributed by atoms with Crippen molar-refractivity contribution < 1.29 is 13.5 Å². The maximum absolute atomic E-state index is 13.6. The molecule has 0 atom stereocenters. The zero-order chi connectivity index (χ0) is 15.0. The molecule has 0 heterocycles. The summed E-state index contributed by atoms with van der Waals surface area (Å²) in [6, 6.07) is 2.57. The molecular weight excluding hydrogens is 262 g/mol. The highest BCUT2D eigenvalue weighted by Gasteiger charge is 2.15. The predicted octanol–water partition coefficient (Wildman–Crippen LogP) is 3.99. The standard InChI is InChI=1S/C15H22F2N2O/c1-2-3-4-5-6-7-10-20-12-9-8-11(15(18)19)13(16)14(12)17/h8-9H,2-7,10H2,1H3,(H3,18,19).